The number of aromatic nitrogens is 5. The summed E-state index contributed by atoms with van der Waals surface area (Å²) in [5, 5.41) is 15.8. The Hall–Kier alpha value is -4.46. The van der Waals surface area contributed by atoms with E-state index in [2.05, 4.69) is 25.6 Å². The minimum atomic E-state index is -0.242. The average molecular weight is 453 g/mol. The highest BCUT2D eigenvalue weighted by molar-refractivity contribution is 6.10. The van der Waals surface area contributed by atoms with Crippen molar-refractivity contribution in [2.24, 2.45) is 0 Å². The van der Waals surface area contributed by atoms with E-state index in [1.165, 1.54) is 0 Å². The Kier molecular flexibility index (Phi) is 5.55. The lowest BCUT2D eigenvalue weighted by molar-refractivity contribution is 0.102. The molecule has 0 radical (unpaired) electrons. The number of methoxy groups -OCH3 is 1. The van der Waals surface area contributed by atoms with Gasteiger partial charge in [0.2, 0.25) is 0 Å². The summed E-state index contributed by atoms with van der Waals surface area (Å²) in [5.41, 5.74) is 6.47. The summed E-state index contributed by atoms with van der Waals surface area (Å²) in [5.74, 6) is 0.228. The number of carbonyl (C=O) groups is 1. The molecular weight excluding hydrogens is 428 g/mol. The lowest BCUT2D eigenvalue weighted by atomic mass is 10.0. The van der Waals surface area contributed by atoms with Gasteiger partial charge in [-0.15, -0.1) is 0 Å². The van der Waals surface area contributed by atoms with Crippen LogP contribution in [-0.2, 0) is 6.54 Å². The fourth-order valence-electron chi connectivity index (χ4n) is 4.03. The molecule has 0 aliphatic rings. The fourth-order valence-corrected chi connectivity index (χ4v) is 4.03. The highest BCUT2D eigenvalue weighted by atomic mass is 16.5. The maximum atomic E-state index is 13.3. The average Bonchev–Trinajstić information content (AvgIpc) is 3.47. The summed E-state index contributed by atoms with van der Waals surface area (Å²) in [6.07, 6.45) is 5.45. The molecule has 0 aliphatic carbocycles. The minimum absolute atomic E-state index is 0.242. The number of anilines is 1. The van der Waals surface area contributed by atoms with Crippen molar-refractivity contribution in [1.82, 2.24) is 25.0 Å². The van der Waals surface area contributed by atoms with Gasteiger partial charge in [-0.2, -0.15) is 10.2 Å². The number of hydrogen-bond acceptors (Lipinski definition) is 5. The van der Waals surface area contributed by atoms with E-state index >= 15 is 0 Å². The third-order valence-electron chi connectivity index (χ3n) is 5.80. The lowest BCUT2D eigenvalue weighted by Gasteiger charge is -2.13. The summed E-state index contributed by atoms with van der Waals surface area (Å²) in [6.45, 7) is 4.50. The normalized spacial score (nSPS) is 11.0. The number of ether oxygens (including phenoxy) is 1. The number of H-pyrrole nitrogens is 1. The summed E-state index contributed by atoms with van der Waals surface area (Å²) < 4.78 is 7.34. The molecule has 8 heteroatoms. The molecule has 8 nitrogen and oxygen atoms in total. The van der Waals surface area contributed by atoms with Crippen molar-refractivity contribution in [3.05, 3.63) is 89.5 Å². The van der Waals surface area contributed by atoms with Gasteiger partial charge in [0, 0.05) is 35.1 Å². The highest BCUT2D eigenvalue weighted by Gasteiger charge is 2.19. The van der Waals surface area contributed by atoms with Gasteiger partial charge < -0.3 is 10.1 Å². The third kappa shape index (κ3) is 4.01. The number of carbonyl (C=O) groups excluding carboxylic acids is 1. The topological polar surface area (TPSA) is 97.7 Å². The van der Waals surface area contributed by atoms with Crippen molar-refractivity contribution in [1.29, 1.82) is 0 Å². The Morgan fingerprint density at radius 1 is 1.12 bits per heavy atom. The zero-order valence-electron chi connectivity index (χ0n) is 19.2. The SMILES string of the molecule is COc1cc2[nH]nc(-c3cnn(Cc4ccccn4)c3)c2cc1C(=O)Nc1c(C)cccc1C. The number of pyridine rings is 1. The number of aryl methyl sites for hydroxylation is 2. The van der Waals surface area contributed by atoms with Gasteiger partial charge in [0.25, 0.3) is 5.91 Å². The standard InChI is InChI=1S/C26H24N6O2/c1-16-7-6-8-17(2)24(16)29-26(33)21-11-20-22(12-23(21)34-3)30-31-25(20)18-13-28-32(14-18)15-19-9-4-5-10-27-19/h4-14H,15H2,1-3H3,(H,29,33)(H,30,31). The zero-order valence-corrected chi connectivity index (χ0v) is 19.2. The molecule has 5 rings (SSSR count). The Morgan fingerprint density at radius 3 is 2.68 bits per heavy atom. The zero-order chi connectivity index (χ0) is 23.7. The first-order valence-corrected chi connectivity index (χ1v) is 10.9. The van der Waals surface area contributed by atoms with Gasteiger partial charge in [0.15, 0.2) is 0 Å². The molecule has 1 amide bonds. The molecule has 0 spiro atoms. The number of benzene rings is 2. The van der Waals surface area contributed by atoms with E-state index in [1.807, 2.05) is 67.2 Å². The molecule has 3 heterocycles. The van der Waals surface area contributed by atoms with Gasteiger partial charge in [-0.25, -0.2) is 0 Å². The number of hydrogen-bond donors (Lipinski definition) is 2. The predicted octanol–water partition coefficient (Wildman–Crippen LogP) is 4.75. The van der Waals surface area contributed by atoms with Gasteiger partial charge in [-0.3, -0.25) is 19.6 Å². The molecule has 170 valence electrons. The molecule has 2 N–H and O–H groups in total. The van der Waals surface area contributed by atoms with Crippen LogP contribution in [-0.4, -0.2) is 38.0 Å². The highest BCUT2D eigenvalue weighted by Crippen LogP contribution is 2.32. The number of amides is 1. The van der Waals surface area contributed by atoms with E-state index in [4.69, 9.17) is 4.74 Å². The number of fused-ring (bicyclic) bond motifs is 1. The van der Waals surface area contributed by atoms with Crippen molar-refractivity contribution < 1.29 is 9.53 Å². The molecule has 0 saturated heterocycles. The summed E-state index contributed by atoms with van der Waals surface area (Å²) in [4.78, 5) is 17.6. The smallest absolute Gasteiger partial charge is 0.259 e. The summed E-state index contributed by atoms with van der Waals surface area (Å²) in [7, 11) is 1.55. The van der Waals surface area contributed by atoms with E-state index in [0.717, 1.165) is 39.0 Å². The Morgan fingerprint density at radius 2 is 1.94 bits per heavy atom. The monoisotopic (exact) mass is 452 g/mol. The van der Waals surface area contributed by atoms with Crippen LogP contribution in [0.3, 0.4) is 0 Å². The fraction of sp³-hybridized carbons (Fsp3) is 0.154. The molecule has 0 bridgehead atoms. The van der Waals surface area contributed by atoms with Crippen LogP contribution in [0, 0.1) is 13.8 Å². The second-order valence-corrected chi connectivity index (χ2v) is 8.14. The Labute approximate surface area is 196 Å². The third-order valence-corrected chi connectivity index (χ3v) is 5.80. The van der Waals surface area contributed by atoms with Gasteiger partial charge in [0.1, 0.15) is 11.4 Å². The molecule has 5 aromatic rings. The Balaban J connectivity index is 1.50. The van der Waals surface area contributed by atoms with Gasteiger partial charge in [-0.1, -0.05) is 24.3 Å². The van der Waals surface area contributed by atoms with Gasteiger partial charge >= 0.3 is 0 Å². The van der Waals surface area contributed by atoms with Crippen molar-refractivity contribution in [2.45, 2.75) is 20.4 Å². The lowest BCUT2D eigenvalue weighted by Crippen LogP contribution is -2.15. The van der Waals surface area contributed by atoms with E-state index < -0.39 is 0 Å². The maximum Gasteiger partial charge on any atom is 0.259 e. The molecule has 0 aliphatic heterocycles. The second-order valence-electron chi connectivity index (χ2n) is 8.14. The molecule has 2 aromatic carbocycles. The van der Waals surface area contributed by atoms with Crippen LogP contribution < -0.4 is 10.1 Å². The van der Waals surface area contributed by atoms with Crippen LogP contribution in [0.4, 0.5) is 5.69 Å². The Bertz CT molecular complexity index is 1470. The van der Waals surface area contributed by atoms with Gasteiger partial charge in [-0.05, 0) is 43.2 Å². The molecule has 34 heavy (non-hydrogen) atoms. The maximum absolute atomic E-state index is 13.3. The number of para-hydroxylation sites is 1. The van der Waals surface area contributed by atoms with Crippen molar-refractivity contribution in [3.8, 4) is 17.0 Å². The molecule has 0 saturated carbocycles. The number of nitrogens with zero attached hydrogens (tertiary/aromatic N) is 4. The molecule has 0 fully saturated rings. The largest absolute Gasteiger partial charge is 0.496 e. The second kappa shape index (κ2) is 8.82. The van der Waals surface area contributed by atoms with E-state index in [-0.39, 0.29) is 5.91 Å². The summed E-state index contributed by atoms with van der Waals surface area (Å²) in [6, 6.07) is 15.3. The molecular formula is C26H24N6O2. The van der Waals surface area contributed by atoms with Crippen LogP contribution in [0.5, 0.6) is 5.75 Å². The number of rotatable bonds is 6. The number of aromatic amines is 1. The molecule has 0 unspecified atom stereocenters. The van der Waals surface area contributed by atoms with Crippen LogP contribution >= 0.6 is 0 Å². The first-order chi connectivity index (χ1) is 16.5. The van der Waals surface area contributed by atoms with Crippen molar-refractivity contribution in [2.75, 3.05) is 12.4 Å². The van der Waals surface area contributed by atoms with Crippen LogP contribution in [0.15, 0.2) is 67.1 Å². The van der Waals surface area contributed by atoms with Crippen LogP contribution in [0.1, 0.15) is 27.2 Å². The van der Waals surface area contributed by atoms with E-state index in [0.29, 0.717) is 23.6 Å². The first kappa shape index (κ1) is 21.4. The van der Waals surface area contributed by atoms with Crippen molar-refractivity contribution in [3.63, 3.8) is 0 Å². The van der Waals surface area contributed by atoms with Crippen molar-refractivity contribution >= 4 is 22.5 Å². The van der Waals surface area contributed by atoms with E-state index in [1.54, 1.807) is 25.6 Å². The van der Waals surface area contributed by atoms with E-state index in [9.17, 15) is 4.79 Å². The number of nitrogens with one attached hydrogen (secondary N) is 2. The first-order valence-electron chi connectivity index (χ1n) is 10.9. The predicted molar refractivity (Wildman–Crippen MR) is 131 cm³/mol. The van der Waals surface area contributed by atoms with Crippen LogP contribution in [0.2, 0.25) is 0 Å². The van der Waals surface area contributed by atoms with Gasteiger partial charge in [0.05, 0.1) is 36.6 Å². The minimum Gasteiger partial charge on any atom is -0.496 e. The molecule has 3 aromatic heterocycles. The molecule has 0 atom stereocenters. The summed E-state index contributed by atoms with van der Waals surface area (Å²) >= 11 is 0. The van der Waals surface area contributed by atoms with Crippen LogP contribution in [0.25, 0.3) is 22.2 Å². The quantitative estimate of drug-likeness (QED) is 0.388.